The first-order valence-corrected chi connectivity index (χ1v) is 19.5. The summed E-state index contributed by atoms with van der Waals surface area (Å²) in [6.07, 6.45) is 6.51. The fraction of sp³-hybridized carbons (Fsp3) is 0.115. The molecule has 1 aromatic heterocycles. The lowest BCUT2D eigenvalue weighted by Crippen LogP contribution is -2.12. The molecule has 2 nitrogen and oxygen atoms in total. The lowest BCUT2D eigenvalue weighted by molar-refractivity contribution is 0.445. The van der Waals surface area contributed by atoms with Crippen LogP contribution in [0.1, 0.15) is 43.6 Å². The Bertz CT molecular complexity index is 2730. The normalized spacial score (nSPS) is 13.5. The molecule has 0 saturated heterocycles. The first-order valence-electron chi connectivity index (χ1n) is 19.5. The van der Waals surface area contributed by atoms with Crippen molar-refractivity contribution >= 4 is 49.6 Å². The van der Waals surface area contributed by atoms with Gasteiger partial charge in [-0.2, -0.15) is 0 Å². The third-order valence-corrected chi connectivity index (χ3v) is 11.6. The zero-order chi connectivity index (χ0) is 35.8. The molecule has 260 valence electrons. The molecule has 0 aliphatic heterocycles. The maximum atomic E-state index is 2.51. The maximum Gasteiger partial charge on any atom is 0.0562 e. The summed E-state index contributed by atoms with van der Waals surface area (Å²) in [4.78, 5) is 2.51. The Balaban J connectivity index is 1.25. The van der Waals surface area contributed by atoms with Gasteiger partial charge in [0.15, 0.2) is 0 Å². The van der Waals surface area contributed by atoms with E-state index >= 15 is 0 Å². The number of aromatic nitrogens is 1. The molecule has 54 heavy (non-hydrogen) atoms. The van der Waals surface area contributed by atoms with Gasteiger partial charge in [-0.05, 0) is 100 Å². The van der Waals surface area contributed by atoms with E-state index in [0.29, 0.717) is 5.92 Å². The average Bonchev–Trinajstić information content (AvgIpc) is 3.60. The number of rotatable bonds is 7. The van der Waals surface area contributed by atoms with Gasteiger partial charge in [0.2, 0.25) is 0 Å². The van der Waals surface area contributed by atoms with Crippen molar-refractivity contribution in [2.24, 2.45) is 0 Å². The average molecular weight is 695 g/mol. The second-order valence-corrected chi connectivity index (χ2v) is 14.7. The smallest absolute Gasteiger partial charge is 0.0562 e. The van der Waals surface area contributed by atoms with E-state index in [2.05, 4.69) is 198 Å². The molecule has 0 unspecified atom stereocenters. The standard InChI is InChI=1S/C52H42N2/c1-4-17-37(18-5-1)38-33-35-42(36-34-38)54(50-32-16-31-49-52(50)46-26-11-13-30-48(46)53(49)41-23-8-3-9-24-41)47-29-12-10-25-44(47)45-28-15-22-40-21-14-27-43(51(40)45)39-19-6-2-7-20-39/h1,3-5,8-18,21-36,39H,2,6-7,19-20H2. The summed E-state index contributed by atoms with van der Waals surface area (Å²) >= 11 is 0. The van der Waals surface area contributed by atoms with E-state index in [0.717, 1.165) is 17.1 Å². The van der Waals surface area contributed by atoms with Crippen molar-refractivity contribution in [2.45, 2.75) is 38.0 Å². The number of anilines is 3. The molecule has 8 aromatic carbocycles. The molecule has 10 rings (SSSR count). The summed E-state index contributed by atoms with van der Waals surface area (Å²) in [6.45, 7) is 0. The molecule has 1 aliphatic carbocycles. The number of nitrogens with zero attached hydrogens (tertiary/aromatic N) is 2. The summed E-state index contributed by atoms with van der Waals surface area (Å²) in [5.41, 5.74) is 13.5. The third kappa shape index (κ3) is 5.58. The summed E-state index contributed by atoms with van der Waals surface area (Å²) in [5, 5.41) is 5.19. The molecule has 1 heterocycles. The summed E-state index contributed by atoms with van der Waals surface area (Å²) in [5.74, 6) is 0.593. The van der Waals surface area contributed by atoms with E-state index in [1.807, 2.05) is 0 Å². The predicted molar refractivity (Wildman–Crippen MR) is 230 cm³/mol. The van der Waals surface area contributed by atoms with Crippen molar-refractivity contribution in [3.8, 4) is 27.9 Å². The minimum absolute atomic E-state index is 0.593. The highest BCUT2D eigenvalue weighted by atomic mass is 15.2. The van der Waals surface area contributed by atoms with E-state index in [1.54, 1.807) is 0 Å². The lowest BCUT2D eigenvalue weighted by atomic mass is 9.80. The molecule has 1 fully saturated rings. The van der Waals surface area contributed by atoms with Gasteiger partial charge in [0.05, 0.1) is 22.4 Å². The van der Waals surface area contributed by atoms with Crippen LogP contribution < -0.4 is 4.90 Å². The van der Waals surface area contributed by atoms with Crippen LogP contribution in [0.4, 0.5) is 17.1 Å². The second kappa shape index (κ2) is 13.9. The maximum absolute atomic E-state index is 2.51. The molecular weight excluding hydrogens is 653 g/mol. The van der Waals surface area contributed by atoms with Crippen LogP contribution in [-0.2, 0) is 0 Å². The first kappa shape index (κ1) is 32.3. The third-order valence-electron chi connectivity index (χ3n) is 11.6. The van der Waals surface area contributed by atoms with Gasteiger partial charge in [0.25, 0.3) is 0 Å². The van der Waals surface area contributed by atoms with E-state index in [1.165, 1.54) is 98.2 Å². The van der Waals surface area contributed by atoms with Crippen molar-refractivity contribution < 1.29 is 0 Å². The van der Waals surface area contributed by atoms with Gasteiger partial charge in [-0.3, -0.25) is 0 Å². The molecule has 0 bridgehead atoms. The number of hydrogen-bond donors (Lipinski definition) is 0. The van der Waals surface area contributed by atoms with Crippen LogP contribution in [0.3, 0.4) is 0 Å². The second-order valence-electron chi connectivity index (χ2n) is 14.7. The topological polar surface area (TPSA) is 8.17 Å². The Kier molecular flexibility index (Phi) is 8.30. The molecule has 0 atom stereocenters. The van der Waals surface area contributed by atoms with Crippen LogP contribution in [0.25, 0.3) is 60.5 Å². The largest absolute Gasteiger partial charge is 0.309 e. The minimum Gasteiger partial charge on any atom is -0.309 e. The molecule has 0 N–H and O–H groups in total. The monoisotopic (exact) mass is 694 g/mol. The fourth-order valence-corrected chi connectivity index (χ4v) is 9.13. The fourth-order valence-electron chi connectivity index (χ4n) is 9.13. The van der Waals surface area contributed by atoms with Crippen molar-refractivity contribution in [1.82, 2.24) is 4.57 Å². The van der Waals surface area contributed by atoms with Crippen LogP contribution in [0.15, 0.2) is 188 Å². The van der Waals surface area contributed by atoms with Gasteiger partial charge in [0, 0.05) is 27.7 Å². The van der Waals surface area contributed by atoms with Gasteiger partial charge >= 0.3 is 0 Å². The Morgan fingerprint density at radius 1 is 0.426 bits per heavy atom. The van der Waals surface area contributed by atoms with E-state index < -0.39 is 0 Å². The van der Waals surface area contributed by atoms with E-state index in [-0.39, 0.29) is 0 Å². The molecule has 0 spiro atoms. The number of para-hydroxylation sites is 3. The molecule has 0 radical (unpaired) electrons. The van der Waals surface area contributed by atoms with Gasteiger partial charge < -0.3 is 9.47 Å². The Morgan fingerprint density at radius 3 is 1.85 bits per heavy atom. The van der Waals surface area contributed by atoms with Crippen LogP contribution in [-0.4, -0.2) is 4.57 Å². The molecule has 1 saturated carbocycles. The van der Waals surface area contributed by atoms with Crippen molar-refractivity contribution in [3.63, 3.8) is 0 Å². The highest BCUT2D eigenvalue weighted by molar-refractivity contribution is 6.17. The predicted octanol–water partition coefficient (Wildman–Crippen LogP) is 14.8. The van der Waals surface area contributed by atoms with Crippen molar-refractivity contribution in [2.75, 3.05) is 4.90 Å². The Labute approximate surface area is 317 Å². The molecule has 1 aliphatic rings. The molecule has 9 aromatic rings. The van der Waals surface area contributed by atoms with Gasteiger partial charge in [-0.25, -0.2) is 0 Å². The SMILES string of the molecule is c1ccc(-c2ccc(N(c3ccccc3-c3cccc4cccc(C5CCCCC5)c34)c3cccc4c3c3ccccc3n4-c3ccccc3)cc2)cc1. The van der Waals surface area contributed by atoms with Gasteiger partial charge in [0.1, 0.15) is 0 Å². The number of hydrogen-bond acceptors (Lipinski definition) is 1. The number of benzene rings is 8. The zero-order valence-electron chi connectivity index (χ0n) is 30.4. The highest BCUT2D eigenvalue weighted by Crippen LogP contribution is 2.48. The molecule has 0 amide bonds. The lowest BCUT2D eigenvalue weighted by Gasteiger charge is -2.30. The summed E-state index contributed by atoms with van der Waals surface area (Å²) in [7, 11) is 0. The first-order chi connectivity index (χ1) is 26.8. The Hall–Kier alpha value is -6.38. The van der Waals surface area contributed by atoms with Gasteiger partial charge in [-0.15, -0.1) is 0 Å². The van der Waals surface area contributed by atoms with Crippen LogP contribution in [0.2, 0.25) is 0 Å². The Morgan fingerprint density at radius 2 is 1.04 bits per heavy atom. The van der Waals surface area contributed by atoms with Crippen LogP contribution in [0, 0.1) is 0 Å². The van der Waals surface area contributed by atoms with Crippen LogP contribution >= 0.6 is 0 Å². The molecule has 2 heteroatoms. The van der Waals surface area contributed by atoms with Crippen molar-refractivity contribution in [1.29, 1.82) is 0 Å². The van der Waals surface area contributed by atoms with Gasteiger partial charge in [-0.1, -0.05) is 159 Å². The van der Waals surface area contributed by atoms with E-state index in [4.69, 9.17) is 0 Å². The zero-order valence-corrected chi connectivity index (χ0v) is 30.4. The summed E-state index contributed by atoms with van der Waals surface area (Å²) in [6, 6.07) is 69.2. The molecular formula is C52H42N2. The quantitative estimate of drug-likeness (QED) is 0.161. The van der Waals surface area contributed by atoms with E-state index in [9.17, 15) is 0 Å². The van der Waals surface area contributed by atoms with Crippen molar-refractivity contribution in [3.05, 3.63) is 194 Å². The minimum atomic E-state index is 0.593. The summed E-state index contributed by atoms with van der Waals surface area (Å²) < 4.78 is 2.41. The number of fused-ring (bicyclic) bond motifs is 4. The highest BCUT2D eigenvalue weighted by Gasteiger charge is 2.25. The van der Waals surface area contributed by atoms with Crippen LogP contribution in [0.5, 0.6) is 0 Å².